The average molecular weight is 491 g/mol. The first kappa shape index (κ1) is 23.4. The number of hydrogen-bond donors (Lipinski definition) is 2. The molecule has 0 saturated heterocycles. The number of carbonyl (C=O) groups is 1. The van der Waals surface area contributed by atoms with E-state index in [1.165, 1.54) is 36.7 Å². The number of rotatable bonds is 6. The molecule has 4 aromatic rings. The molecule has 1 saturated carbocycles. The van der Waals surface area contributed by atoms with Gasteiger partial charge in [0.2, 0.25) is 5.91 Å². The van der Waals surface area contributed by atoms with Crippen molar-refractivity contribution < 1.29 is 18.3 Å². The molecule has 0 bridgehead atoms. The second kappa shape index (κ2) is 9.73. The molecule has 0 atom stereocenters. The minimum atomic E-state index is -0.574. The molecule has 2 aromatic heterocycles. The maximum absolute atomic E-state index is 15.3. The van der Waals surface area contributed by atoms with Gasteiger partial charge in [-0.25, -0.2) is 23.4 Å². The van der Waals surface area contributed by atoms with E-state index in [1.807, 2.05) is 0 Å². The van der Waals surface area contributed by atoms with E-state index < -0.39 is 11.6 Å². The SMILES string of the molecule is C=CC(=O)NC1CCC(n2nc(-c3ccc(Oc4cccc(F)c4)cc3F)c3c(N)ncnc32)CC1. The van der Waals surface area contributed by atoms with Crippen molar-refractivity contribution in [2.24, 2.45) is 0 Å². The summed E-state index contributed by atoms with van der Waals surface area (Å²) in [5.41, 5.74) is 7.26. The molecule has 0 spiro atoms. The van der Waals surface area contributed by atoms with Gasteiger partial charge in [-0.05, 0) is 56.0 Å². The lowest BCUT2D eigenvalue weighted by molar-refractivity contribution is -0.117. The average Bonchev–Trinajstić information content (AvgIpc) is 3.25. The smallest absolute Gasteiger partial charge is 0.243 e. The third kappa shape index (κ3) is 4.61. The van der Waals surface area contributed by atoms with Gasteiger partial charge in [0, 0.05) is 23.7 Å². The van der Waals surface area contributed by atoms with Crippen molar-refractivity contribution in [2.45, 2.75) is 37.8 Å². The molecule has 1 fully saturated rings. The van der Waals surface area contributed by atoms with Crippen LogP contribution in [0.25, 0.3) is 22.3 Å². The van der Waals surface area contributed by atoms with E-state index in [9.17, 15) is 9.18 Å². The number of hydrogen-bond acceptors (Lipinski definition) is 6. The molecule has 1 amide bonds. The van der Waals surface area contributed by atoms with Crippen LogP contribution in [0.4, 0.5) is 14.6 Å². The molecular weight excluding hydrogens is 466 g/mol. The largest absolute Gasteiger partial charge is 0.457 e. The molecule has 0 aliphatic heterocycles. The number of nitrogen functional groups attached to an aromatic ring is 1. The number of carbonyl (C=O) groups excluding carboxylic acids is 1. The Morgan fingerprint density at radius 3 is 2.61 bits per heavy atom. The van der Waals surface area contributed by atoms with Gasteiger partial charge in [0.05, 0.1) is 11.4 Å². The Morgan fingerprint density at radius 1 is 1.11 bits per heavy atom. The van der Waals surface area contributed by atoms with Gasteiger partial charge in [0.25, 0.3) is 0 Å². The van der Waals surface area contributed by atoms with Crippen LogP contribution in [-0.4, -0.2) is 31.7 Å². The summed E-state index contributed by atoms with van der Waals surface area (Å²) in [5.74, 6) is -0.536. The predicted molar refractivity (Wildman–Crippen MR) is 131 cm³/mol. The summed E-state index contributed by atoms with van der Waals surface area (Å²) in [4.78, 5) is 20.1. The summed E-state index contributed by atoms with van der Waals surface area (Å²) >= 11 is 0. The summed E-state index contributed by atoms with van der Waals surface area (Å²) in [7, 11) is 0. The van der Waals surface area contributed by atoms with Gasteiger partial charge in [0.1, 0.15) is 41.0 Å². The second-order valence-corrected chi connectivity index (χ2v) is 8.67. The van der Waals surface area contributed by atoms with Crippen molar-refractivity contribution in [1.29, 1.82) is 0 Å². The Hall–Kier alpha value is -4.34. The van der Waals surface area contributed by atoms with E-state index in [2.05, 4.69) is 21.9 Å². The van der Waals surface area contributed by atoms with E-state index in [-0.39, 0.29) is 40.9 Å². The number of amides is 1. The Labute approximate surface area is 205 Å². The maximum Gasteiger partial charge on any atom is 0.243 e. The van der Waals surface area contributed by atoms with Gasteiger partial charge in [-0.3, -0.25) is 4.79 Å². The fourth-order valence-electron chi connectivity index (χ4n) is 4.58. The summed E-state index contributed by atoms with van der Waals surface area (Å²) in [6.07, 6.45) is 5.67. The van der Waals surface area contributed by atoms with Gasteiger partial charge in [-0.2, -0.15) is 5.10 Å². The minimum absolute atomic E-state index is 0.00563. The highest BCUT2D eigenvalue weighted by molar-refractivity contribution is 5.98. The lowest BCUT2D eigenvalue weighted by Crippen LogP contribution is -2.37. The molecule has 0 unspecified atom stereocenters. The molecule has 8 nitrogen and oxygen atoms in total. The maximum atomic E-state index is 15.3. The summed E-state index contributed by atoms with van der Waals surface area (Å²) in [6, 6.07) is 10.0. The second-order valence-electron chi connectivity index (χ2n) is 8.67. The molecule has 2 aromatic carbocycles. The zero-order valence-corrected chi connectivity index (χ0v) is 19.3. The van der Waals surface area contributed by atoms with Crippen molar-refractivity contribution in [3.8, 4) is 22.8 Å². The van der Waals surface area contributed by atoms with Gasteiger partial charge in [0.15, 0.2) is 5.65 Å². The van der Waals surface area contributed by atoms with Crippen LogP contribution in [0.5, 0.6) is 11.5 Å². The quantitative estimate of drug-likeness (QED) is 0.371. The molecule has 2 heterocycles. The van der Waals surface area contributed by atoms with Crippen LogP contribution < -0.4 is 15.8 Å². The van der Waals surface area contributed by atoms with Crippen LogP contribution in [-0.2, 0) is 4.79 Å². The first-order chi connectivity index (χ1) is 17.4. The van der Waals surface area contributed by atoms with Crippen molar-refractivity contribution >= 4 is 22.8 Å². The topological polar surface area (TPSA) is 108 Å². The molecule has 0 radical (unpaired) electrons. The number of fused-ring (bicyclic) bond motifs is 1. The van der Waals surface area contributed by atoms with Gasteiger partial charge >= 0.3 is 0 Å². The van der Waals surface area contributed by atoms with Crippen molar-refractivity contribution in [3.63, 3.8) is 0 Å². The summed E-state index contributed by atoms with van der Waals surface area (Å²) < 4.78 is 36.1. The van der Waals surface area contributed by atoms with E-state index in [1.54, 1.807) is 22.9 Å². The zero-order chi connectivity index (χ0) is 25.2. The standard InChI is InChI=1S/C26H24F2N6O2/c1-2-22(35)32-16-6-8-17(9-7-16)34-26-23(25(29)30-14-31-26)24(33-34)20-11-10-19(13-21(20)28)36-18-5-3-4-15(27)12-18/h2-5,10-14,16-17H,1,6-9H2,(H,32,35)(H2,29,30,31). The fourth-order valence-corrected chi connectivity index (χ4v) is 4.58. The third-order valence-electron chi connectivity index (χ3n) is 6.32. The van der Waals surface area contributed by atoms with Crippen molar-refractivity contribution in [2.75, 3.05) is 5.73 Å². The van der Waals surface area contributed by atoms with Crippen LogP contribution in [0.1, 0.15) is 31.7 Å². The number of nitrogens with zero attached hydrogens (tertiary/aromatic N) is 4. The minimum Gasteiger partial charge on any atom is -0.457 e. The third-order valence-corrected chi connectivity index (χ3v) is 6.32. The number of nitrogens with two attached hydrogens (primary N) is 1. The first-order valence-electron chi connectivity index (χ1n) is 11.6. The number of halogens is 2. The van der Waals surface area contributed by atoms with E-state index in [4.69, 9.17) is 15.6 Å². The lowest BCUT2D eigenvalue weighted by atomic mass is 9.91. The normalized spacial score (nSPS) is 17.6. The van der Waals surface area contributed by atoms with Crippen molar-refractivity contribution in [1.82, 2.24) is 25.1 Å². The lowest BCUT2D eigenvalue weighted by Gasteiger charge is -2.29. The Balaban J connectivity index is 1.45. The molecule has 1 aliphatic rings. The first-order valence-corrected chi connectivity index (χ1v) is 11.6. The molecule has 36 heavy (non-hydrogen) atoms. The highest BCUT2D eigenvalue weighted by Gasteiger charge is 2.28. The Kier molecular flexibility index (Phi) is 6.32. The van der Waals surface area contributed by atoms with Crippen LogP contribution in [0, 0.1) is 11.6 Å². The number of benzene rings is 2. The monoisotopic (exact) mass is 490 g/mol. The molecular formula is C26H24F2N6O2. The summed E-state index contributed by atoms with van der Waals surface area (Å²) in [6.45, 7) is 3.49. The van der Waals surface area contributed by atoms with E-state index in [0.717, 1.165) is 25.7 Å². The highest BCUT2D eigenvalue weighted by atomic mass is 19.1. The molecule has 3 N–H and O–H groups in total. The number of nitrogens with one attached hydrogen (secondary N) is 1. The predicted octanol–water partition coefficient (Wildman–Crippen LogP) is 4.93. The Morgan fingerprint density at radius 2 is 1.89 bits per heavy atom. The number of aromatic nitrogens is 4. The van der Waals surface area contributed by atoms with Crippen LogP contribution in [0.3, 0.4) is 0 Å². The van der Waals surface area contributed by atoms with Crippen LogP contribution >= 0.6 is 0 Å². The molecule has 5 rings (SSSR count). The van der Waals surface area contributed by atoms with E-state index in [0.29, 0.717) is 16.7 Å². The number of ether oxygens (including phenoxy) is 1. The van der Waals surface area contributed by atoms with Crippen LogP contribution in [0.15, 0.2) is 61.4 Å². The highest BCUT2D eigenvalue weighted by Crippen LogP contribution is 2.37. The molecule has 10 heteroatoms. The van der Waals surface area contributed by atoms with Crippen molar-refractivity contribution in [3.05, 3.63) is 73.1 Å². The number of anilines is 1. The van der Waals surface area contributed by atoms with E-state index >= 15 is 4.39 Å². The molecule has 184 valence electrons. The molecule has 1 aliphatic carbocycles. The fraction of sp³-hybridized carbons (Fsp3) is 0.231. The van der Waals surface area contributed by atoms with Gasteiger partial charge in [-0.15, -0.1) is 0 Å². The summed E-state index contributed by atoms with van der Waals surface area (Å²) in [5, 5.41) is 8.14. The zero-order valence-electron chi connectivity index (χ0n) is 19.3. The van der Waals surface area contributed by atoms with Crippen LogP contribution in [0.2, 0.25) is 0 Å². The van der Waals surface area contributed by atoms with Gasteiger partial charge in [-0.1, -0.05) is 12.6 Å². The Bertz CT molecular complexity index is 1450. The van der Waals surface area contributed by atoms with Gasteiger partial charge < -0.3 is 15.8 Å².